The Morgan fingerprint density at radius 1 is 0.900 bits per heavy atom. The van der Waals surface area contributed by atoms with Gasteiger partial charge in [0.15, 0.2) is 0 Å². The molecule has 0 amide bonds. The standard InChI is InChI=1S/C10H18/c1-9-7-5-3-4-6-8-10(9)2/h3-4,9-10H,5-8H2,1-2H3/b4-3-. The predicted octanol–water partition coefficient (Wildman–Crippen LogP) is 3.39. The van der Waals surface area contributed by atoms with E-state index < -0.39 is 0 Å². The molecular formula is C10H18. The minimum atomic E-state index is 0.935. The second-order valence-electron chi connectivity index (χ2n) is 3.58. The van der Waals surface area contributed by atoms with Crippen molar-refractivity contribution in [1.82, 2.24) is 0 Å². The van der Waals surface area contributed by atoms with Gasteiger partial charge in [0.25, 0.3) is 0 Å². The molecule has 0 fully saturated rings. The lowest BCUT2D eigenvalue weighted by atomic mass is 9.86. The third-order valence-corrected chi connectivity index (χ3v) is 2.72. The van der Waals surface area contributed by atoms with Crippen molar-refractivity contribution in [2.75, 3.05) is 0 Å². The van der Waals surface area contributed by atoms with Crippen LogP contribution in [0.5, 0.6) is 0 Å². The summed E-state index contributed by atoms with van der Waals surface area (Å²) >= 11 is 0. The van der Waals surface area contributed by atoms with E-state index >= 15 is 0 Å². The zero-order valence-corrected chi connectivity index (χ0v) is 7.14. The van der Waals surface area contributed by atoms with Gasteiger partial charge in [-0.25, -0.2) is 0 Å². The molecule has 1 aliphatic carbocycles. The number of allylic oxidation sites excluding steroid dienone is 2. The molecule has 0 aromatic carbocycles. The van der Waals surface area contributed by atoms with Crippen LogP contribution in [0, 0.1) is 11.8 Å². The summed E-state index contributed by atoms with van der Waals surface area (Å²) in [6.07, 6.45) is 10.0. The van der Waals surface area contributed by atoms with Crippen LogP contribution in [0.3, 0.4) is 0 Å². The van der Waals surface area contributed by atoms with E-state index in [0.29, 0.717) is 0 Å². The second-order valence-corrected chi connectivity index (χ2v) is 3.58. The number of hydrogen-bond acceptors (Lipinski definition) is 0. The minimum Gasteiger partial charge on any atom is -0.0885 e. The highest BCUT2D eigenvalue weighted by Gasteiger charge is 2.11. The molecule has 0 aromatic heterocycles. The summed E-state index contributed by atoms with van der Waals surface area (Å²) in [4.78, 5) is 0. The van der Waals surface area contributed by atoms with Crippen molar-refractivity contribution in [3.05, 3.63) is 12.2 Å². The van der Waals surface area contributed by atoms with Crippen molar-refractivity contribution < 1.29 is 0 Å². The fourth-order valence-corrected chi connectivity index (χ4v) is 1.52. The molecule has 0 spiro atoms. The van der Waals surface area contributed by atoms with Gasteiger partial charge < -0.3 is 0 Å². The van der Waals surface area contributed by atoms with Crippen LogP contribution < -0.4 is 0 Å². The Morgan fingerprint density at radius 3 is 1.70 bits per heavy atom. The van der Waals surface area contributed by atoms with Gasteiger partial charge >= 0.3 is 0 Å². The molecule has 0 heteroatoms. The lowest BCUT2D eigenvalue weighted by Gasteiger charge is -2.19. The first-order valence-electron chi connectivity index (χ1n) is 4.45. The van der Waals surface area contributed by atoms with E-state index in [-0.39, 0.29) is 0 Å². The highest BCUT2D eigenvalue weighted by Crippen LogP contribution is 2.23. The maximum absolute atomic E-state index is 2.38. The Morgan fingerprint density at radius 2 is 1.30 bits per heavy atom. The van der Waals surface area contributed by atoms with Gasteiger partial charge in [-0.1, -0.05) is 26.0 Å². The van der Waals surface area contributed by atoms with Crippen molar-refractivity contribution >= 4 is 0 Å². The van der Waals surface area contributed by atoms with Crippen LogP contribution in [0.1, 0.15) is 39.5 Å². The molecule has 1 rings (SSSR count). The Labute approximate surface area is 64.3 Å². The lowest BCUT2D eigenvalue weighted by molar-refractivity contribution is 0.343. The van der Waals surface area contributed by atoms with E-state index in [9.17, 15) is 0 Å². The maximum atomic E-state index is 2.38. The molecule has 0 heterocycles. The molecule has 0 bridgehead atoms. The molecule has 58 valence electrons. The average molecular weight is 138 g/mol. The van der Waals surface area contributed by atoms with E-state index in [1.807, 2.05) is 0 Å². The molecule has 0 saturated heterocycles. The largest absolute Gasteiger partial charge is 0.0885 e. The molecule has 10 heavy (non-hydrogen) atoms. The quantitative estimate of drug-likeness (QED) is 0.450. The van der Waals surface area contributed by atoms with Gasteiger partial charge in [0.05, 0.1) is 0 Å². The van der Waals surface area contributed by atoms with Gasteiger partial charge in [-0.05, 0) is 37.5 Å². The first-order chi connectivity index (χ1) is 4.80. The summed E-state index contributed by atoms with van der Waals surface area (Å²) in [5, 5.41) is 0. The van der Waals surface area contributed by atoms with Crippen LogP contribution >= 0.6 is 0 Å². The first kappa shape index (κ1) is 7.84. The van der Waals surface area contributed by atoms with Crippen LogP contribution in [0.4, 0.5) is 0 Å². The van der Waals surface area contributed by atoms with E-state index in [2.05, 4.69) is 26.0 Å². The van der Waals surface area contributed by atoms with Crippen LogP contribution in [0.2, 0.25) is 0 Å². The molecule has 0 radical (unpaired) electrons. The Bertz CT molecular complexity index is 99.2. The Balaban J connectivity index is 2.40. The second kappa shape index (κ2) is 3.80. The SMILES string of the molecule is CC1CC/C=C\CCC1C. The van der Waals surface area contributed by atoms with Gasteiger partial charge in [-0.3, -0.25) is 0 Å². The van der Waals surface area contributed by atoms with E-state index in [1.54, 1.807) is 0 Å². The van der Waals surface area contributed by atoms with Crippen molar-refractivity contribution in [3.63, 3.8) is 0 Å². The molecular weight excluding hydrogens is 120 g/mol. The Kier molecular flexibility index (Phi) is 2.98. The molecule has 0 aromatic rings. The van der Waals surface area contributed by atoms with Crippen LogP contribution in [-0.2, 0) is 0 Å². The van der Waals surface area contributed by atoms with Gasteiger partial charge in [0.1, 0.15) is 0 Å². The summed E-state index contributed by atoms with van der Waals surface area (Å²) in [6, 6.07) is 0. The molecule has 0 saturated carbocycles. The third kappa shape index (κ3) is 2.17. The monoisotopic (exact) mass is 138 g/mol. The highest BCUT2D eigenvalue weighted by molar-refractivity contribution is 4.85. The normalized spacial score (nSPS) is 38.2. The van der Waals surface area contributed by atoms with E-state index in [0.717, 1.165) is 11.8 Å². The summed E-state index contributed by atoms with van der Waals surface area (Å²) < 4.78 is 0. The van der Waals surface area contributed by atoms with Gasteiger partial charge in [-0.15, -0.1) is 0 Å². The fraction of sp³-hybridized carbons (Fsp3) is 0.800. The van der Waals surface area contributed by atoms with E-state index in [1.165, 1.54) is 25.7 Å². The number of rotatable bonds is 0. The highest BCUT2D eigenvalue weighted by atomic mass is 14.2. The van der Waals surface area contributed by atoms with Gasteiger partial charge in [0.2, 0.25) is 0 Å². The third-order valence-electron chi connectivity index (χ3n) is 2.72. The topological polar surface area (TPSA) is 0 Å². The van der Waals surface area contributed by atoms with Crippen LogP contribution in [0.15, 0.2) is 12.2 Å². The smallest absolute Gasteiger partial charge is 0.0348 e. The lowest BCUT2D eigenvalue weighted by Crippen LogP contribution is -2.08. The zero-order chi connectivity index (χ0) is 7.40. The van der Waals surface area contributed by atoms with Crippen LogP contribution in [0.25, 0.3) is 0 Å². The summed E-state index contributed by atoms with van der Waals surface area (Å²) in [5.74, 6) is 1.87. The molecule has 0 aliphatic heterocycles. The molecule has 2 unspecified atom stereocenters. The summed E-state index contributed by atoms with van der Waals surface area (Å²) in [5.41, 5.74) is 0. The minimum absolute atomic E-state index is 0.935. The summed E-state index contributed by atoms with van der Waals surface area (Å²) in [6.45, 7) is 4.76. The molecule has 0 N–H and O–H groups in total. The molecule has 1 aliphatic rings. The average Bonchev–Trinajstić information content (AvgIpc) is 1.92. The Hall–Kier alpha value is -0.260. The maximum Gasteiger partial charge on any atom is -0.0348 e. The van der Waals surface area contributed by atoms with Crippen molar-refractivity contribution in [1.29, 1.82) is 0 Å². The zero-order valence-electron chi connectivity index (χ0n) is 7.14. The summed E-state index contributed by atoms with van der Waals surface area (Å²) in [7, 11) is 0. The first-order valence-corrected chi connectivity index (χ1v) is 4.45. The van der Waals surface area contributed by atoms with Crippen LogP contribution in [-0.4, -0.2) is 0 Å². The molecule has 2 atom stereocenters. The van der Waals surface area contributed by atoms with E-state index in [4.69, 9.17) is 0 Å². The van der Waals surface area contributed by atoms with Crippen molar-refractivity contribution in [3.8, 4) is 0 Å². The fourth-order valence-electron chi connectivity index (χ4n) is 1.52. The predicted molar refractivity (Wildman–Crippen MR) is 45.9 cm³/mol. The van der Waals surface area contributed by atoms with Crippen molar-refractivity contribution in [2.45, 2.75) is 39.5 Å². The number of hydrogen-bond donors (Lipinski definition) is 0. The van der Waals surface area contributed by atoms with Gasteiger partial charge in [0, 0.05) is 0 Å². The van der Waals surface area contributed by atoms with Gasteiger partial charge in [-0.2, -0.15) is 0 Å². The van der Waals surface area contributed by atoms with Crippen molar-refractivity contribution in [2.24, 2.45) is 11.8 Å². The molecule has 0 nitrogen and oxygen atoms in total.